The fourth-order valence-electron chi connectivity index (χ4n) is 1.35. The van der Waals surface area contributed by atoms with Gasteiger partial charge in [0.25, 0.3) is 5.69 Å². The summed E-state index contributed by atoms with van der Waals surface area (Å²) < 4.78 is 28.8. The minimum absolute atomic E-state index is 0.0823. The first-order valence-corrected chi connectivity index (χ1v) is 7.00. The molecule has 0 amide bonds. The topological polar surface area (TPSA) is 104 Å². The molecule has 7 nitrogen and oxygen atoms in total. The van der Waals surface area contributed by atoms with Crippen LogP contribution in [0.1, 0.15) is 13.8 Å². The third kappa shape index (κ3) is 3.28. The van der Waals surface area contributed by atoms with Crippen molar-refractivity contribution in [3.8, 4) is 0 Å². The molecule has 1 atom stereocenters. The molecule has 0 aromatic heterocycles. The zero-order valence-corrected chi connectivity index (χ0v) is 11.2. The first-order chi connectivity index (χ1) is 8.80. The summed E-state index contributed by atoms with van der Waals surface area (Å²) in [4.78, 5) is 21.1. The standard InChI is InChI=1S/C11H13NO6S/c1-3-18-11(13)8(2)19(16,17)10-6-4-9(5-7-10)12(14)15/h4-8H,3H2,1-2H3. The van der Waals surface area contributed by atoms with Gasteiger partial charge in [-0.3, -0.25) is 14.9 Å². The Labute approximate surface area is 110 Å². The van der Waals surface area contributed by atoms with E-state index in [2.05, 4.69) is 4.74 Å². The lowest BCUT2D eigenvalue weighted by Gasteiger charge is -2.11. The molecule has 1 aromatic rings. The van der Waals surface area contributed by atoms with Crippen molar-refractivity contribution in [1.29, 1.82) is 0 Å². The van der Waals surface area contributed by atoms with E-state index in [9.17, 15) is 23.3 Å². The SMILES string of the molecule is CCOC(=O)C(C)S(=O)(=O)c1ccc([N+](=O)[O-])cc1. The Bertz CT molecular complexity index is 578. The highest BCUT2D eigenvalue weighted by Gasteiger charge is 2.31. The number of nitro groups is 1. The monoisotopic (exact) mass is 287 g/mol. The zero-order valence-electron chi connectivity index (χ0n) is 10.4. The van der Waals surface area contributed by atoms with E-state index in [1.54, 1.807) is 6.92 Å². The molecule has 104 valence electrons. The maximum absolute atomic E-state index is 12.1. The van der Waals surface area contributed by atoms with Crippen LogP contribution in [0.2, 0.25) is 0 Å². The molecule has 0 radical (unpaired) electrons. The van der Waals surface area contributed by atoms with E-state index >= 15 is 0 Å². The molecule has 1 rings (SSSR count). The number of nitro benzene ring substituents is 1. The van der Waals surface area contributed by atoms with Crippen LogP contribution >= 0.6 is 0 Å². The van der Waals surface area contributed by atoms with Gasteiger partial charge in [-0.15, -0.1) is 0 Å². The highest BCUT2D eigenvalue weighted by atomic mass is 32.2. The number of nitrogens with zero attached hydrogens (tertiary/aromatic N) is 1. The van der Waals surface area contributed by atoms with Crippen molar-refractivity contribution < 1.29 is 22.9 Å². The molecule has 0 saturated heterocycles. The third-order valence-corrected chi connectivity index (χ3v) is 4.51. The van der Waals surface area contributed by atoms with E-state index in [1.807, 2.05) is 0 Å². The van der Waals surface area contributed by atoms with Crippen molar-refractivity contribution in [2.75, 3.05) is 6.61 Å². The number of benzene rings is 1. The molecule has 0 aliphatic rings. The van der Waals surface area contributed by atoms with Gasteiger partial charge in [-0.2, -0.15) is 0 Å². The summed E-state index contributed by atoms with van der Waals surface area (Å²) in [7, 11) is -3.90. The Kier molecular flexibility index (Phi) is 4.60. The smallest absolute Gasteiger partial charge is 0.324 e. The van der Waals surface area contributed by atoms with Crippen LogP contribution in [0.25, 0.3) is 0 Å². The third-order valence-electron chi connectivity index (χ3n) is 2.46. The first kappa shape index (κ1) is 15.1. The predicted molar refractivity (Wildman–Crippen MR) is 66.4 cm³/mol. The molecule has 0 heterocycles. The molecule has 0 N–H and O–H groups in total. The Morgan fingerprint density at radius 2 is 1.89 bits per heavy atom. The molecule has 0 aliphatic heterocycles. The van der Waals surface area contributed by atoms with E-state index < -0.39 is 26.0 Å². The van der Waals surface area contributed by atoms with Gasteiger partial charge in [0, 0.05) is 12.1 Å². The minimum atomic E-state index is -3.90. The van der Waals surface area contributed by atoms with Gasteiger partial charge in [0.15, 0.2) is 15.1 Å². The van der Waals surface area contributed by atoms with Gasteiger partial charge in [0.05, 0.1) is 16.4 Å². The fourth-order valence-corrected chi connectivity index (χ4v) is 2.59. The quantitative estimate of drug-likeness (QED) is 0.459. The Morgan fingerprint density at radius 3 is 2.32 bits per heavy atom. The number of hydrogen-bond donors (Lipinski definition) is 0. The normalized spacial score (nSPS) is 12.7. The van der Waals surface area contributed by atoms with Crippen LogP contribution in [-0.4, -0.2) is 31.2 Å². The van der Waals surface area contributed by atoms with E-state index in [4.69, 9.17) is 0 Å². The zero-order chi connectivity index (χ0) is 14.6. The molecule has 0 bridgehead atoms. The summed E-state index contributed by atoms with van der Waals surface area (Å²) in [6.45, 7) is 2.87. The molecule has 8 heteroatoms. The number of sulfone groups is 1. The van der Waals surface area contributed by atoms with E-state index in [0.717, 1.165) is 24.3 Å². The van der Waals surface area contributed by atoms with Crippen LogP contribution in [0, 0.1) is 10.1 Å². The molecule has 0 spiro atoms. The van der Waals surface area contributed by atoms with E-state index in [0.29, 0.717) is 0 Å². The highest BCUT2D eigenvalue weighted by molar-refractivity contribution is 7.92. The first-order valence-electron chi connectivity index (χ1n) is 5.45. The van der Waals surface area contributed by atoms with Crippen LogP contribution in [0.5, 0.6) is 0 Å². The van der Waals surface area contributed by atoms with Gasteiger partial charge in [-0.25, -0.2) is 8.42 Å². The van der Waals surface area contributed by atoms with Gasteiger partial charge < -0.3 is 4.74 Å². The number of carbonyl (C=O) groups is 1. The van der Waals surface area contributed by atoms with Gasteiger partial charge in [0.2, 0.25) is 0 Å². The molecular formula is C11H13NO6S. The summed E-state index contributed by atoms with van der Waals surface area (Å²) in [6, 6.07) is 4.35. The number of rotatable bonds is 5. The molecule has 0 aliphatic carbocycles. The second-order valence-electron chi connectivity index (χ2n) is 3.69. The Hall–Kier alpha value is -1.96. The average Bonchev–Trinajstić information content (AvgIpc) is 2.38. The average molecular weight is 287 g/mol. The van der Waals surface area contributed by atoms with Crippen molar-refractivity contribution in [2.45, 2.75) is 24.0 Å². The van der Waals surface area contributed by atoms with E-state index in [1.165, 1.54) is 6.92 Å². The highest BCUT2D eigenvalue weighted by Crippen LogP contribution is 2.20. The lowest BCUT2D eigenvalue weighted by Crippen LogP contribution is -2.29. The summed E-state index contributed by atoms with van der Waals surface area (Å²) in [5.41, 5.74) is -0.220. The van der Waals surface area contributed by atoms with Crippen molar-refractivity contribution in [3.05, 3.63) is 34.4 Å². The van der Waals surface area contributed by atoms with Crippen LogP contribution in [0.3, 0.4) is 0 Å². The largest absolute Gasteiger partial charge is 0.465 e. The number of ether oxygens (including phenoxy) is 1. The number of non-ortho nitro benzene ring substituents is 1. The molecule has 0 fully saturated rings. The van der Waals surface area contributed by atoms with Crippen molar-refractivity contribution in [1.82, 2.24) is 0 Å². The van der Waals surface area contributed by atoms with Crippen molar-refractivity contribution >= 4 is 21.5 Å². The van der Waals surface area contributed by atoms with Gasteiger partial charge in [-0.1, -0.05) is 0 Å². The summed E-state index contributed by atoms with van der Waals surface area (Å²) >= 11 is 0. The maximum atomic E-state index is 12.1. The maximum Gasteiger partial charge on any atom is 0.324 e. The van der Waals surface area contributed by atoms with Crippen molar-refractivity contribution in [3.63, 3.8) is 0 Å². The van der Waals surface area contributed by atoms with Crippen LogP contribution < -0.4 is 0 Å². The van der Waals surface area contributed by atoms with Gasteiger partial charge in [-0.05, 0) is 26.0 Å². The van der Waals surface area contributed by atoms with Crippen LogP contribution in [0.15, 0.2) is 29.2 Å². The number of carbonyl (C=O) groups excluding carboxylic acids is 1. The van der Waals surface area contributed by atoms with Gasteiger partial charge >= 0.3 is 5.97 Å². The second-order valence-corrected chi connectivity index (χ2v) is 5.96. The molecule has 1 unspecified atom stereocenters. The lowest BCUT2D eigenvalue weighted by molar-refractivity contribution is -0.384. The Morgan fingerprint density at radius 1 is 1.37 bits per heavy atom. The fraction of sp³-hybridized carbons (Fsp3) is 0.364. The summed E-state index contributed by atoms with van der Waals surface area (Å²) in [6.07, 6.45) is 0. The molecule has 1 aromatic carbocycles. The minimum Gasteiger partial charge on any atom is -0.465 e. The number of esters is 1. The Balaban J connectivity index is 3.06. The van der Waals surface area contributed by atoms with E-state index in [-0.39, 0.29) is 17.2 Å². The molecule has 0 saturated carbocycles. The van der Waals surface area contributed by atoms with Crippen molar-refractivity contribution in [2.24, 2.45) is 0 Å². The van der Waals surface area contributed by atoms with Crippen LogP contribution in [-0.2, 0) is 19.4 Å². The molecule has 19 heavy (non-hydrogen) atoms. The van der Waals surface area contributed by atoms with Gasteiger partial charge in [0.1, 0.15) is 0 Å². The second kappa shape index (κ2) is 5.79. The summed E-state index contributed by atoms with van der Waals surface area (Å²) in [5, 5.41) is 9.12. The summed E-state index contributed by atoms with van der Waals surface area (Å²) in [5.74, 6) is -0.846. The predicted octanol–water partition coefficient (Wildman–Crippen LogP) is 1.32. The van der Waals surface area contributed by atoms with Crippen LogP contribution in [0.4, 0.5) is 5.69 Å². The number of hydrogen-bond acceptors (Lipinski definition) is 6. The lowest BCUT2D eigenvalue weighted by atomic mass is 10.3. The molecular weight excluding hydrogens is 274 g/mol.